The summed E-state index contributed by atoms with van der Waals surface area (Å²) in [7, 11) is 0. The van der Waals surface area contributed by atoms with Gasteiger partial charge < -0.3 is 24.2 Å². The highest BCUT2D eigenvalue weighted by Crippen LogP contribution is 2.35. The molecule has 2 saturated heterocycles. The van der Waals surface area contributed by atoms with Crippen LogP contribution in [0.5, 0.6) is 11.5 Å². The Balaban J connectivity index is 1.53. The van der Waals surface area contributed by atoms with E-state index >= 15 is 0 Å². The number of aldehydes is 1. The topological polar surface area (TPSA) is 85.3 Å². The number of phenols is 1. The second kappa shape index (κ2) is 9.30. The lowest BCUT2D eigenvalue weighted by Crippen LogP contribution is -2.47. The van der Waals surface area contributed by atoms with Gasteiger partial charge in [-0.25, -0.2) is 0 Å². The summed E-state index contributed by atoms with van der Waals surface area (Å²) in [6, 6.07) is 12.1. The maximum absolute atomic E-state index is 13.6. The zero-order chi connectivity index (χ0) is 22.7. The third-order valence-corrected chi connectivity index (χ3v) is 6.03. The smallest absolute Gasteiger partial charge is 0.254 e. The molecule has 1 unspecified atom stereocenters. The van der Waals surface area contributed by atoms with E-state index in [2.05, 4.69) is 0 Å². The lowest BCUT2D eigenvalue weighted by Gasteiger charge is -2.36. The Hall–Kier alpha value is -2.90. The SMILES string of the molecule is CC1(C)OCC(c2ccccc2C(=O)N2CCCC[C@H]2COc2cccc(O)c2C=O)O1. The van der Waals surface area contributed by atoms with Crippen LogP contribution in [-0.2, 0) is 9.47 Å². The number of rotatable bonds is 6. The number of benzene rings is 2. The molecule has 2 fully saturated rings. The Bertz CT molecular complexity index is 988. The molecule has 2 aliphatic heterocycles. The molecule has 2 heterocycles. The Labute approximate surface area is 187 Å². The van der Waals surface area contributed by atoms with Crippen LogP contribution in [0.15, 0.2) is 42.5 Å². The van der Waals surface area contributed by atoms with E-state index in [1.54, 1.807) is 12.1 Å². The molecule has 7 nitrogen and oxygen atoms in total. The summed E-state index contributed by atoms with van der Waals surface area (Å²) in [5.41, 5.74) is 1.55. The molecule has 0 radical (unpaired) electrons. The molecule has 0 aromatic heterocycles. The van der Waals surface area contributed by atoms with E-state index in [9.17, 15) is 14.7 Å². The van der Waals surface area contributed by atoms with Crippen LogP contribution < -0.4 is 4.74 Å². The number of amides is 1. The summed E-state index contributed by atoms with van der Waals surface area (Å²) in [4.78, 5) is 26.8. The zero-order valence-corrected chi connectivity index (χ0v) is 18.5. The second-order valence-electron chi connectivity index (χ2n) is 8.67. The molecular formula is C25H29NO6. The molecule has 7 heteroatoms. The first-order valence-electron chi connectivity index (χ1n) is 11.0. The normalized spacial score (nSPS) is 22.5. The van der Waals surface area contributed by atoms with E-state index in [0.717, 1.165) is 24.8 Å². The Morgan fingerprint density at radius 2 is 2.03 bits per heavy atom. The van der Waals surface area contributed by atoms with E-state index in [4.69, 9.17) is 14.2 Å². The van der Waals surface area contributed by atoms with Gasteiger partial charge in [-0.1, -0.05) is 24.3 Å². The maximum atomic E-state index is 13.6. The molecule has 1 amide bonds. The molecule has 170 valence electrons. The van der Waals surface area contributed by atoms with Crippen LogP contribution in [0, 0.1) is 0 Å². The number of ether oxygens (including phenoxy) is 3. The van der Waals surface area contributed by atoms with Crippen LogP contribution >= 0.6 is 0 Å². The summed E-state index contributed by atoms with van der Waals surface area (Å²) in [6.45, 7) is 5.01. The van der Waals surface area contributed by atoms with Crippen molar-refractivity contribution in [3.63, 3.8) is 0 Å². The first-order valence-corrected chi connectivity index (χ1v) is 11.0. The van der Waals surface area contributed by atoms with Crippen molar-refractivity contribution in [3.8, 4) is 11.5 Å². The van der Waals surface area contributed by atoms with Gasteiger partial charge in [-0.3, -0.25) is 9.59 Å². The molecular weight excluding hydrogens is 410 g/mol. The van der Waals surface area contributed by atoms with Gasteiger partial charge in [0.2, 0.25) is 0 Å². The maximum Gasteiger partial charge on any atom is 0.254 e. The van der Waals surface area contributed by atoms with Crippen LogP contribution in [0.25, 0.3) is 0 Å². The number of carbonyl (C=O) groups is 2. The highest BCUT2D eigenvalue weighted by molar-refractivity contribution is 5.96. The summed E-state index contributed by atoms with van der Waals surface area (Å²) in [5.74, 6) is -0.546. The van der Waals surface area contributed by atoms with E-state index in [-0.39, 0.29) is 36.0 Å². The van der Waals surface area contributed by atoms with Crippen molar-refractivity contribution < 1.29 is 28.9 Å². The van der Waals surface area contributed by atoms with Crippen LogP contribution in [0.4, 0.5) is 0 Å². The largest absolute Gasteiger partial charge is 0.507 e. The fraction of sp³-hybridized carbons (Fsp3) is 0.440. The zero-order valence-electron chi connectivity index (χ0n) is 18.5. The molecule has 4 rings (SSSR count). The van der Waals surface area contributed by atoms with Crippen molar-refractivity contribution in [2.75, 3.05) is 19.8 Å². The predicted molar refractivity (Wildman–Crippen MR) is 118 cm³/mol. The van der Waals surface area contributed by atoms with Crippen molar-refractivity contribution in [2.45, 2.75) is 51.0 Å². The number of hydrogen-bond acceptors (Lipinski definition) is 6. The number of aromatic hydroxyl groups is 1. The van der Waals surface area contributed by atoms with Crippen LogP contribution in [-0.4, -0.2) is 53.8 Å². The highest BCUT2D eigenvalue weighted by atomic mass is 16.7. The van der Waals surface area contributed by atoms with Crippen molar-refractivity contribution in [1.29, 1.82) is 0 Å². The summed E-state index contributed by atoms with van der Waals surface area (Å²) < 4.78 is 17.6. The van der Waals surface area contributed by atoms with Gasteiger partial charge >= 0.3 is 0 Å². The molecule has 0 aliphatic carbocycles. The number of carbonyl (C=O) groups excluding carboxylic acids is 2. The molecule has 2 atom stereocenters. The molecule has 0 bridgehead atoms. The van der Waals surface area contributed by atoms with Gasteiger partial charge in [0.05, 0.1) is 18.2 Å². The van der Waals surface area contributed by atoms with E-state index in [0.29, 0.717) is 30.8 Å². The molecule has 2 aromatic rings. The standard InChI is InChI=1S/C25H29NO6/c1-25(2)31-16-23(32-25)18-9-3-4-10-19(18)24(29)26-13-6-5-8-17(26)15-30-22-12-7-11-21(28)20(22)14-27/h3-4,7,9-12,14,17,23,28H,5-6,8,13,15-16H2,1-2H3/t17-,23?/m0/s1. The van der Waals surface area contributed by atoms with Crippen LogP contribution in [0.2, 0.25) is 0 Å². The quantitative estimate of drug-likeness (QED) is 0.682. The molecule has 2 aliphatic rings. The lowest BCUT2D eigenvalue weighted by molar-refractivity contribution is -0.139. The second-order valence-corrected chi connectivity index (χ2v) is 8.67. The van der Waals surface area contributed by atoms with Crippen molar-refractivity contribution in [2.24, 2.45) is 0 Å². The van der Waals surface area contributed by atoms with Crippen molar-refractivity contribution in [1.82, 2.24) is 4.90 Å². The minimum absolute atomic E-state index is 0.0614. The van der Waals surface area contributed by atoms with Gasteiger partial charge in [0.1, 0.15) is 24.2 Å². The van der Waals surface area contributed by atoms with Gasteiger partial charge in [-0.05, 0) is 56.9 Å². The van der Waals surface area contributed by atoms with Crippen LogP contribution in [0.1, 0.15) is 65.5 Å². The minimum Gasteiger partial charge on any atom is -0.507 e. The van der Waals surface area contributed by atoms with E-state index in [1.165, 1.54) is 6.07 Å². The number of likely N-dealkylation sites (tertiary alicyclic amines) is 1. The first-order chi connectivity index (χ1) is 15.4. The first kappa shape index (κ1) is 22.3. The highest BCUT2D eigenvalue weighted by Gasteiger charge is 2.37. The van der Waals surface area contributed by atoms with Gasteiger partial charge in [0, 0.05) is 12.1 Å². The number of nitrogens with zero attached hydrogens (tertiary/aromatic N) is 1. The fourth-order valence-corrected chi connectivity index (χ4v) is 4.37. The van der Waals surface area contributed by atoms with Crippen molar-refractivity contribution >= 4 is 12.2 Å². The minimum atomic E-state index is -0.681. The molecule has 32 heavy (non-hydrogen) atoms. The average Bonchev–Trinajstić information content (AvgIpc) is 3.17. The van der Waals surface area contributed by atoms with Gasteiger partial charge in [0.25, 0.3) is 5.91 Å². The van der Waals surface area contributed by atoms with E-state index < -0.39 is 5.79 Å². The number of phenolic OH excluding ortho intramolecular Hbond substituents is 1. The molecule has 1 N–H and O–H groups in total. The fourth-order valence-electron chi connectivity index (χ4n) is 4.37. The number of hydrogen-bond donors (Lipinski definition) is 1. The van der Waals surface area contributed by atoms with Crippen molar-refractivity contribution in [3.05, 3.63) is 59.2 Å². The van der Waals surface area contributed by atoms with E-state index in [1.807, 2.05) is 43.0 Å². The predicted octanol–water partition coefficient (Wildman–Crippen LogP) is 4.10. The number of piperidine rings is 1. The van der Waals surface area contributed by atoms with Crippen LogP contribution in [0.3, 0.4) is 0 Å². The van der Waals surface area contributed by atoms with Gasteiger partial charge in [-0.2, -0.15) is 0 Å². The summed E-state index contributed by atoms with van der Waals surface area (Å²) >= 11 is 0. The Morgan fingerprint density at radius 1 is 1.22 bits per heavy atom. The molecule has 0 saturated carbocycles. The monoisotopic (exact) mass is 439 g/mol. The molecule has 0 spiro atoms. The van der Waals surface area contributed by atoms with Gasteiger partial charge in [0.15, 0.2) is 12.1 Å². The third-order valence-electron chi connectivity index (χ3n) is 6.03. The Morgan fingerprint density at radius 3 is 2.78 bits per heavy atom. The third kappa shape index (κ3) is 4.64. The summed E-state index contributed by atoms with van der Waals surface area (Å²) in [5, 5.41) is 9.89. The summed E-state index contributed by atoms with van der Waals surface area (Å²) in [6.07, 6.45) is 3.00. The molecule has 2 aromatic carbocycles. The average molecular weight is 440 g/mol. The Kier molecular flexibility index (Phi) is 6.48. The lowest BCUT2D eigenvalue weighted by atomic mass is 9.97. The van der Waals surface area contributed by atoms with Gasteiger partial charge in [-0.15, -0.1) is 0 Å².